The Morgan fingerprint density at radius 1 is 1.22 bits per heavy atom. The Kier molecular flexibility index (Phi) is 4.82. The van der Waals surface area contributed by atoms with Crippen molar-refractivity contribution in [1.82, 2.24) is 10.5 Å². The second-order valence-electron chi connectivity index (χ2n) is 6.17. The van der Waals surface area contributed by atoms with E-state index >= 15 is 0 Å². The summed E-state index contributed by atoms with van der Waals surface area (Å²) in [5.41, 5.74) is 3.08. The zero-order chi connectivity index (χ0) is 16.3. The Labute approximate surface area is 137 Å². The number of hydrogen-bond donors (Lipinski definition) is 1. The van der Waals surface area contributed by atoms with Crippen molar-refractivity contribution in [2.75, 3.05) is 12.0 Å². The molecule has 0 bridgehead atoms. The third-order valence-electron chi connectivity index (χ3n) is 4.22. The quantitative estimate of drug-likeness (QED) is 0.878. The van der Waals surface area contributed by atoms with Crippen LogP contribution in [0.5, 0.6) is 0 Å². The van der Waals surface area contributed by atoms with Gasteiger partial charge in [0.05, 0.1) is 5.75 Å². The SMILES string of the molecule is CS(=O)(=O)C[C@@H](NCc1noc2c1CCCC2)c1ccccc1. The maximum absolute atomic E-state index is 11.7. The number of aromatic nitrogens is 1. The molecule has 0 spiro atoms. The van der Waals surface area contributed by atoms with Crippen LogP contribution in [0.1, 0.15) is 41.5 Å². The lowest BCUT2D eigenvalue weighted by Gasteiger charge is -2.18. The summed E-state index contributed by atoms with van der Waals surface area (Å²) < 4.78 is 28.9. The number of nitrogens with one attached hydrogen (secondary N) is 1. The van der Waals surface area contributed by atoms with Crippen LogP contribution in [0.2, 0.25) is 0 Å². The summed E-state index contributed by atoms with van der Waals surface area (Å²) in [4.78, 5) is 0. The van der Waals surface area contributed by atoms with Crippen molar-refractivity contribution in [3.8, 4) is 0 Å². The Bertz CT molecular complexity index is 753. The molecule has 6 heteroatoms. The van der Waals surface area contributed by atoms with Gasteiger partial charge in [-0.15, -0.1) is 0 Å². The summed E-state index contributed by atoms with van der Waals surface area (Å²) in [6.45, 7) is 0.522. The third kappa shape index (κ3) is 4.20. The normalized spacial score (nSPS) is 16.0. The van der Waals surface area contributed by atoms with Gasteiger partial charge in [0.2, 0.25) is 0 Å². The van der Waals surface area contributed by atoms with Gasteiger partial charge in [0.15, 0.2) is 0 Å². The highest BCUT2D eigenvalue weighted by Gasteiger charge is 2.22. The lowest BCUT2D eigenvalue weighted by atomic mass is 9.96. The molecule has 0 amide bonds. The van der Waals surface area contributed by atoms with Crippen LogP contribution in [-0.2, 0) is 29.2 Å². The van der Waals surface area contributed by atoms with Gasteiger partial charge in [0.1, 0.15) is 21.3 Å². The highest BCUT2D eigenvalue weighted by Crippen LogP contribution is 2.25. The number of benzene rings is 1. The van der Waals surface area contributed by atoms with Crippen LogP contribution >= 0.6 is 0 Å². The van der Waals surface area contributed by atoms with Crippen LogP contribution in [0, 0.1) is 0 Å². The van der Waals surface area contributed by atoms with E-state index in [0.29, 0.717) is 6.54 Å². The van der Waals surface area contributed by atoms with Gasteiger partial charge in [0.25, 0.3) is 0 Å². The van der Waals surface area contributed by atoms with Crippen molar-refractivity contribution in [3.05, 3.63) is 52.9 Å². The number of aryl methyl sites for hydroxylation is 1. The number of hydrogen-bond acceptors (Lipinski definition) is 5. The molecule has 23 heavy (non-hydrogen) atoms. The first-order valence-electron chi connectivity index (χ1n) is 7.95. The summed E-state index contributed by atoms with van der Waals surface area (Å²) in [7, 11) is -3.09. The number of fused-ring (bicyclic) bond motifs is 1. The molecule has 1 N–H and O–H groups in total. The number of sulfone groups is 1. The summed E-state index contributed by atoms with van der Waals surface area (Å²) in [6, 6.07) is 9.41. The molecule has 0 saturated carbocycles. The van der Waals surface area contributed by atoms with E-state index < -0.39 is 9.84 Å². The lowest BCUT2D eigenvalue weighted by molar-refractivity contribution is 0.365. The minimum atomic E-state index is -3.09. The van der Waals surface area contributed by atoms with Crippen molar-refractivity contribution in [3.63, 3.8) is 0 Å². The molecule has 1 heterocycles. The summed E-state index contributed by atoms with van der Waals surface area (Å²) in [5, 5.41) is 7.52. The molecule has 0 saturated heterocycles. The molecule has 1 aliphatic carbocycles. The smallest absolute Gasteiger partial charge is 0.149 e. The van der Waals surface area contributed by atoms with Crippen LogP contribution < -0.4 is 5.32 Å². The molecule has 1 aliphatic rings. The van der Waals surface area contributed by atoms with Crippen LogP contribution in [0.25, 0.3) is 0 Å². The first-order chi connectivity index (χ1) is 11.0. The van der Waals surface area contributed by atoms with E-state index in [1.807, 2.05) is 30.3 Å². The average molecular weight is 334 g/mol. The minimum Gasteiger partial charge on any atom is -0.361 e. The predicted molar refractivity (Wildman–Crippen MR) is 88.9 cm³/mol. The average Bonchev–Trinajstić information content (AvgIpc) is 2.94. The van der Waals surface area contributed by atoms with Crippen molar-refractivity contribution in [2.45, 2.75) is 38.3 Å². The fourth-order valence-electron chi connectivity index (χ4n) is 3.07. The summed E-state index contributed by atoms with van der Waals surface area (Å²) in [5.74, 6) is 1.06. The molecule has 1 atom stereocenters. The highest BCUT2D eigenvalue weighted by molar-refractivity contribution is 7.90. The Morgan fingerprint density at radius 3 is 2.70 bits per heavy atom. The van der Waals surface area contributed by atoms with Crippen LogP contribution in [-0.4, -0.2) is 25.6 Å². The van der Waals surface area contributed by atoms with Gasteiger partial charge in [-0.25, -0.2) is 8.42 Å². The van der Waals surface area contributed by atoms with E-state index in [9.17, 15) is 8.42 Å². The molecular formula is C17H22N2O3S. The molecule has 0 unspecified atom stereocenters. The lowest BCUT2D eigenvalue weighted by Crippen LogP contribution is -2.28. The van der Waals surface area contributed by atoms with Gasteiger partial charge < -0.3 is 9.84 Å². The zero-order valence-corrected chi connectivity index (χ0v) is 14.1. The molecule has 124 valence electrons. The van der Waals surface area contributed by atoms with Crippen molar-refractivity contribution in [2.24, 2.45) is 0 Å². The van der Waals surface area contributed by atoms with Crippen LogP contribution in [0.15, 0.2) is 34.9 Å². The van der Waals surface area contributed by atoms with Crippen molar-refractivity contribution >= 4 is 9.84 Å². The summed E-state index contributed by atoms with van der Waals surface area (Å²) >= 11 is 0. The first kappa shape index (κ1) is 16.2. The Balaban J connectivity index is 1.75. The molecular weight excluding hydrogens is 312 g/mol. The van der Waals surface area contributed by atoms with Gasteiger partial charge in [0, 0.05) is 30.8 Å². The van der Waals surface area contributed by atoms with E-state index in [1.165, 1.54) is 11.8 Å². The van der Waals surface area contributed by atoms with Gasteiger partial charge >= 0.3 is 0 Å². The van der Waals surface area contributed by atoms with E-state index in [0.717, 1.165) is 42.7 Å². The third-order valence-corrected chi connectivity index (χ3v) is 5.16. The maximum Gasteiger partial charge on any atom is 0.149 e. The Hall–Kier alpha value is -1.66. The van der Waals surface area contributed by atoms with Crippen molar-refractivity contribution < 1.29 is 12.9 Å². The van der Waals surface area contributed by atoms with E-state index in [1.54, 1.807) is 0 Å². The van der Waals surface area contributed by atoms with E-state index in [4.69, 9.17) is 4.52 Å². The second kappa shape index (κ2) is 6.84. The second-order valence-corrected chi connectivity index (χ2v) is 8.36. The monoisotopic (exact) mass is 334 g/mol. The molecule has 0 radical (unpaired) electrons. The molecule has 2 aromatic rings. The van der Waals surface area contributed by atoms with Gasteiger partial charge in [-0.1, -0.05) is 35.5 Å². The van der Waals surface area contributed by atoms with Crippen molar-refractivity contribution in [1.29, 1.82) is 0 Å². The minimum absolute atomic E-state index is 0.0665. The number of rotatable bonds is 6. The van der Waals surface area contributed by atoms with Gasteiger partial charge in [-0.2, -0.15) is 0 Å². The van der Waals surface area contributed by atoms with Crippen LogP contribution in [0.4, 0.5) is 0 Å². The fraction of sp³-hybridized carbons (Fsp3) is 0.471. The molecule has 1 aromatic carbocycles. The summed E-state index contributed by atoms with van der Waals surface area (Å²) in [6.07, 6.45) is 5.52. The van der Waals surface area contributed by atoms with Gasteiger partial charge in [-0.3, -0.25) is 0 Å². The van der Waals surface area contributed by atoms with Crippen LogP contribution in [0.3, 0.4) is 0 Å². The fourth-order valence-corrected chi connectivity index (χ4v) is 3.98. The Morgan fingerprint density at radius 2 is 1.96 bits per heavy atom. The van der Waals surface area contributed by atoms with E-state index in [-0.39, 0.29) is 11.8 Å². The first-order valence-corrected chi connectivity index (χ1v) is 10.0. The largest absolute Gasteiger partial charge is 0.361 e. The molecule has 3 rings (SSSR count). The molecule has 1 aromatic heterocycles. The zero-order valence-electron chi connectivity index (χ0n) is 13.3. The van der Waals surface area contributed by atoms with Gasteiger partial charge in [-0.05, 0) is 24.8 Å². The molecule has 5 nitrogen and oxygen atoms in total. The molecule has 0 fully saturated rings. The predicted octanol–water partition coefficient (Wildman–Crippen LogP) is 2.43. The molecule has 0 aliphatic heterocycles. The highest BCUT2D eigenvalue weighted by atomic mass is 32.2. The standard InChI is InChI=1S/C17H22N2O3S/c1-23(20,21)12-16(13-7-3-2-4-8-13)18-11-15-14-9-5-6-10-17(14)22-19-15/h2-4,7-8,16,18H,5-6,9-12H2,1H3/t16-/m1/s1. The number of nitrogens with zero attached hydrogens (tertiary/aromatic N) is 1. The maximum atomic E-state index is 11.7. The van der Waals surface area contributed by atoms with E-state index in [2.05, 4.69) is 10.5 Å². The topological polar surface area (TPSA) is 72.2 Å².